The van der Waals surface area contributed by atoms with E-state index in [9.17, 15) is 4.79 Å². The molecule has 3 rings (SSSR count). The number of fused-ring (bicyclic) bond motifs is 1. The van der Waals surface area contributed by atoms with Gasteiger partial charge >= 0.3 is 5.97 Å². The zero-order valence-corrected chi connectivity index (χ0v) is 15.7. The molecule has 0 spiro atoms. The highest BCUT2D eigenvalue weighted by Gasteiger charge is 2.21. The molecule has 0 radical (unpaired) electrons. The fourth-order valence-electron chi connectivity index (χ4n) is 2.88. The van der Waals surface area contributed by atoms with E-state index in [0.717, 1.165) is 36.2 Å². The molecule has 0 bridgehead atoms. The van der Waals surface area contributed by atoms with Crippen molar-refractivity contribution in [2.24, 2.45) is 0 Å². The molecule has 3 aromatic rings. The van der Waals surface area contributed by atoms with Gasteiger partial charge in [0.1, 0.15) is 11.3 Å². The van der Waals surface area contributed by atoms with E-state index in [-0.39, 0.29) is 5.76 Å². The summed E-state index contributed by atoms with van der Waals surface area (Å²) in [6.07, 6.45) is 2.64. The largest absolute Gasteiger partial charge is 0.493 e. The highest BCUT2D eigenvalue weighted by Crippen LogP contribution is 2.33. The van der Waals surface area contributed by atoms with E-state index < -0.39 is 5.97 Å². The van der Waals surface area contributed by atoms with E-state index >= 15 is 0 Å². The molecule has 0 atom stereocenters. The van der Waals surface area contributed by atoms with Crippen molar-refractivity contribution in [3.05, 3.63) is 59.6 Å². The maximum Gasteiger partial charge on any atom is 0.374 e. The summed E-state index contributed by atoms with van der Waals surface area (Å²) < 4.78 is 16.7. The molecule has 0 saturated carbocycles. The number of ether oxygens (including phenoxy) is 2. The van der Waals surface area contributed by atoms with E-state index in [1.54, 1.807) is 13.1 Å². The maximum absolute atomic E-state index is 12.0. The SMILES string of the molecule is CCOC(=O)c1oc2cccc(OCCCNCc3ccccn3)c2c1C. The number of pyridine rings is 1. The lowest BCUT2D eigenvalue weighted by Gasteiger charge is -2.08. The van der Waals surface area contributed by atoms with Gasteiger partial charge in [-0.05, 0) is 51.1 Å². The first kappa shape index (κ1) is 18.9. The summed E-state index contributed by atoms with van der Waals surface area (Å²) in [6.45, 7) is 6.05. The molecular formula is C21H24N2O4. The predicted octanol–water partition coefficient (Wildman–Crippen LogP) is 3.87. The Balaban J connectivity index is 1.56. The van der Waals surface area contributed by atoms with Gasteiger partial charge in [-0.15, -0.1) is 0 Å². The maximum atomic E-state index is 12.0. The van der Waals surface area contributed by atoms with Crippen molar-refractivity contribution in [3.8, 4) is 5.75 Å². The van der Waals surface area contributed by atoms with Crippen LogP contribution < -0.4 is 10.1 Å². The number of aromatic nitrogens is 1. The molecule has 142 valence electrons. The lowest BCUT2D eigenvalue weighted by molar-refractivity contribution is 0.0491. The van der Waals surface area contributed by atoms with Gasteiger partial charge in [-0.3, -0.25) is 4.98 Å². The Kier molecular flexibility index (Phi) is 6.44. The van der Waals surface area contributed by atoms with Crippen LogP contribution in [0.4, 0.5) is 0 Å². The molecule has 6 heteroatoms. The quantitative estimate of drug-likeness (QED) is 0.456. The lowest BCUT2D eigenvalue weighted by atomic mass is 10.1. The standard InChI is InChI=1S/C21H24N2O4/c1-3-25-21(24)20-15(2)19-17(9-6-10-18(19)27-20)26-13-7-11-22-14-16-8-4-5-12-23-16/h4-6,8-10,12,22H,3,7,11,13-14H2,1-2H3. The van der Waals surface area contributed by atoms with Gasteiger partial charge < -0.3 is 19.2 Å². The first-order valence-corrected chi connectivity index (χ1v) is 9.13. The summed E-state index contributed by atoms with van der Waals surface area (Å²) in [4.78, 5) is 16.3. The number of nitrogens with one attached hydrogen (secondary N) is 1. The molecule has 2 aromatic heterocycles. The number of carbonyl (C=O) groups is 1. The van der Waals surface area contributed by atoms with Crippen molar-refractivity contribution in [2.75, 3.05) is 19.8 Å². The minimum atomic E-state index is -0.448. The van der Waals surface area contributed by atoms with Crippen molar-refractivity contribution in [1.82, 2.24) is 10.3 Å². The number of benzene rings is 1. The normalized spacial score (nSPS) is 10.9. The molecule has 1 aromatic carbocycles. The van der Waals surface area contributed by atoms with Gasteiger partial charge in [0, 0.05) is 18.3 Å². The molecule has 0 aliphatic rings. The highest BCUT2D eigenvalue weighted by molar-refractivity contribution is 5.98. The summed E-state index contributed by atoms with van der Waals surface area (Å²) in [5.41, 5.74) is 2.39. The van der Waals surface area contributed by atoms with Crippen molar-refractivity contribution in [3.63, 3.8) is 0 Å². The molecule has 6 nitrogen and oxygen atoms in total. The van der Waals surface area contributed by atoms with Crippen LogP contribution in [0.1, 0.15) is 35.2 Å². The monoisotopic (exact) mass is 368 g/mol. The van der Waals surface area contributed by atoms with Crippen molar-refractivity contribution >= 4 is 16.9 Å². The number of furan rings is 1. The third kappa shape index (κ3) is 4.65. The molecule has 0 fully saturated rings. The number of nitrogens with zero attached hydrogens (tertiary/aromatic N) is 1. The molecular weight excluding hydrogens is 344 g/mol. The predicted molar refractivity (Wildman–Crippen MR) is 103 cm³/mol. The van der Waals surface area contributed by atoms with Crippen LogP contribution in [0.15, 0.2) is 47.0 Å². The summed E-state index contributed by atoms with van der Waals surface area (Å²) in [6, 6.07) is 11.4. The van der Waals surface area contributed by atoms with E-state index in [1.165, 1.54) is 0 Å². The first-order chi connectivity index (χ1) is 13.2. The molecule has 0 saturated heterocycles. The van der Waals surface area contributed by atoms with E-state index in [4.69, 9.17) is 13.9 Å². The van der Waals surface area contributed by atoms with Gasteiger partial charge in [0.25, 0.3) is 0 Å². The lowest BCUT2D eigenvalue weighted by Crippen LogP contribution is -2.17. The van der Waals surface area contributed by atoms with E-state index in [0.29, 0.717) is 24.5 Å². The van der Waals surface area contributed by atoms with Crippen LogP contribution in [0.5, 0.6) is 5.75 Å². The second-order valence-electron chi connectivity index (χ2n) is 6.11. The van der Waals surface area contributed by atoms with Crippen molar-refractivity contribution in [1.29, 1.82) is 0 Å². The summed E-state index contributed by atoms with van der Waals surface area (Å²) >= 11 is 0. The molecule has 0 aliphatic carbocycles. The Hall–Kier alpha value is -2.86. The summed E-state index contributed by atoms with van der Waals surface area (Å²) in [5.74, 6) is 0.504. The Morgan fingerprint density at radius 3 is 2.89 bits per heavy atom. The highest BCUT2D eigenvalue weighted by atomic mass is 16.5. The molecule has 0 amide bonds. The summed E-state index contributed by atoms with van der Waals surface area (Å²) in [5, 5.41) is 4.17. The molecule has 1 N–H and O–H groups in total. The minimum Gasteiger partial charge on any atom is -0.493 e. The van der Waals surface area contributed by atoms with Crippen LogP contribution in [-0.4, -0.2) is 30.7 Å². The van der Waals surface area contributed by atoms with Crippen molar-refractivity contribution in [2.45, 2.75) is 26.8 Å². The van der Waals surface area contributed by atoms with Crippen molar-refractivity contribution < 1.29 is 18.7 Å². The zero-order valence-electron chi connectivity index (χ0n) is 15.7. The topological polar surface area (TPSA) is 73.6 Å². The molecule has 0 unspecified atom stereocenters. The van der Waals surface area contributed by atoms with Gasteiger partial charge in [0.2, 0.25) is 5.76 Å². The van der Waals surface area contributed by atoms with Crippen LogP contribution >= 0.6 is 0 Å². The smallest absolute Gasteiger partial charge is 0.374 e. The number of esters is 1. The molecule has 27 heavy (non-hydrogen) atoms. The zero-order chi connectivity index (χ0) is 19.1. The van der Waals surface area contributed by atoms with Crippen LogP contribution in [0.3, 0.4) is 0 Å². The number of aryl methyl sites for hydroxylation is 1. The second-order valence-corrected chi connectivity index (χ2v) is 6.11. The van der Waals surface area contributed by atoms with Gasteiger partial charge in [-0.25, -0.2) is 4.79 Å². The summed E-state index contributed by atoms with van der Waals surface area (Å²) in [7, 11) is 0. The number of hydrogen-bond acceptors (Lipinski definition) is 6. The van der Waals surface area contributed by atoms with Gasteiger partial charge in [-0.2, -0.15) is 0 Å². The second kappa shape index (κ2) is 9.19. The van der Waals surface area contributed by atoms with Gasteiger partial charge in [0.15, 0.2) is 0 Å². The Morgan fingerprint density at radius 2 is 2.11 bits per heavy atom. The minimum absolute atomic E-state index is 0.236. The van der Waals surface area contributed by atoms with Crippen LogP contribution in [0, 0.1) is 6.92 Å². The van der Waals surface area contributed by atoms with Gasteiger partial charge in [-0.1, -0.05) is 12.1 Å². The number of hydrogen-bond donors (Lipinski definition) is 1. The molecule has 0 aliphatic heterocycles. The fraction of sp³-hybridized carbons (Fsp3) is 0.333. The number of carbonyl (C=O) groups excluding carboxylic acids is 1. The average Bonchev–Trinajstić information content (AvgIpc) is 3.03. The first-order valence-electron chi connectivity index (χ1n) is 9.13. The average molecular weight is 368 g/mol. The van der Waals surface area contributed by atoms with E-state index in [2.05, 4.69) is 10.3 Å². The Bertz CT molecular complexity index is 890. The Labute approximate surface area is 158 Å². The van der Waals surface area contributed by atoms with Crippen LogP contribution in [0.2, 0.25) is 0 Å². The third-order valence-corrected chi connectivity index (χ3v) is 4.16. The van der Waals surface area contributed by atoms with Gasteiger partial charge in [0.05, 0.1) is 24.3 Å². The Morgan fingerprint density at radius 1 is 1.22 bits per heavy atom. The van der Waals surface area contributed by atoms with Crippen LogP contribution in [-0.2, 0) is 11.3 Å². The number of rotatable bonds is 9. The third-order valence-electron chi connectivity index (χ3n) is 4.16. The van der Waals surface area contributed by atoms with Crippen LogP contribution in [0.25, 0.3) is 11.0 Å². The fourth-order valence-corrected chi connectivity index (χ4v) is 2.88. The van der Waals surface area contributed by atoms with E-state index in [1.807, 2.05) is 43.3 Å². The molecule has 2 heterocycles.